The summed E-state index contributed by atoms with van der Waals surface area (Å²) in [5, 5.41) is 3.39. The average molecular weight is 397 g/mol. The molecule has 2 unspecified atom stereocenters. The molecule has 1 aliphatic heterocycles. The van der Waals surface area contributed by atoms with Gasteiger partial charge in [0.2, 0.25) is 0 Å². The fraction of sp³-hybridized carbons (Fsp3) is 0.250. The molecule has 3 rings (SSSR count). The molecule has 0 aromatic heterocycles. The third-order valence-corrected chi connectivity index (χ3v) is 4.86. The third-order valence-electron chi connectivity index (χ3n) is 3.65. The number of halogens is 2. The van der Waals surface area contributed by atoms with Gasteiger partial charge in [-0.1, -0.05) is 50.1 Å². The van der Waals surface area contributed by atoms with Crippen LogP contribution in [0.4, 0.5) is 0 Å². The van der Waals surface area contributed by atoms with Gasteiger partial charge in [0, 0.05) is 15.4 Å². The molecule has 20 heavy (non-hydrogen) atoms. The van der Waals surface area contributed by atoms with E-state index in [9.17, 15) is 0 Å². The van der Waals surface area contributed by atoms with Crippen molar-refractivity contribution in [1.82, 2.24) is 5.32 Å². The van der Waals surface area contributed by atoms with Crippen molar-refractivity contribution in [2.75, 3.05) is 7.05 Å². The van der Waals surface area contributed by atoms with Crippen LogP contribution < -0.4 is 10.1 Å². The molecule has 0 bridgehead atoms. The van der Waals surface area contributed by atoms with E-state index in [1.807, 2.05) is 25.2 Å². The highest BCUT2D eigenvalue weighted by molar-refractivity contribution is 9.11. The summed E-state index contributed by atoms with van der Waals surface area (Å²) in [5.74, 6) is 1.00. The molecule has 0 fully saturated rings. The summed E-state index contributed by atoms with van der Waals surface area (Å²) in [4.78, 5) is 0. The molecule has 0 radical (unpaired) electrons. The smallest absolute Gasteiger partial charge is 0.123 e. The number of likely N-dealkylation sites (N-methyl/N-ethyl adjacent to an activating group) is 1. The molecule has 0 amide bonds. The van der Waals surface area contributed by atoms with E-state index < -0.39 is 0 Å². The Hall–Kier alpha value is -0.840. The summed E-state index contributed by atoms with van der Waals surface area (Å²) < 4.78 is 8.28. The van der Waals surface area contributed by atoms with Gasteiger partial charge in [0.25, 0.3) is 0 Å². The molecule has 2 atom stereocenters. The molecule has 0 aliphatic carbocycles. The van der Waals surface area contributed by atoms with Crippen molar-refractivity contribution < 1.29 is 4.74 Å². The van der Waals surface area contributed by atoms with Gasteiger partial charge < -0.3 is 10.1 Å². The van der Waals surface area contributed by atoms with Gasteiger partial charge in [-0.2, -0.15) is 0 Å². The Morgan fingerprint density at radius 2 is 2.00 bits per heavy atom. The molecule has 1 N–H and O–H groups in total. The van der Waals surface area contributed by atoms with E-state index in [-0.39, 0.29) is 12.1 Å². The molecular formula is C16H15Br2NO. The average Bonchev–Trinajstić information content (AvgIpc) is 2.87. The van der Waals surface area contributed by atoms with E-state index in [1.165, 1.54) is 11.1 Å². The summed E-state index contributed by atoms with van der Waals surface area (Å²) in [6.45, 7) is 0. The Morgan fingerprint density at radius 3 is 2.75 bits per heavy atom. The van der Waals surface area contributed by atoms with Gasteiger partial charge in [-0.15, -0.1) is 0 Å². The normalized spacial score (nSPS) is 18.4. The van der Waals surface area contributed by atoms with Gasteiger partial charge in [0.15, 0.2) is 0 Å². The molecule has 104 valence electrons. The van der Waals surface area contributed by atoms with E-state index in [2.05, 4.69) is 61.4 Å². The predicted octanol–water partition coefficient (Wildman–Crippen LogP) is 4.48. The monoisotopic (exact) mass is 395 g/mol. The van der Waals surface area contributed by atoms with Crippen molar-refractivity contribution >= 4 is 31.9 Å². The van der Waals surface area contributed by atoms with E-state index in [0.29, 0.717) is 0 Å². The third kappa shape index (κ3) is 2.65. The SMILES string of the molecule is CNC(c1cc(Br)ccc1Br)C1Cc2ccccc2O1. The van der Waals surface area contributed by atoms with Gasteiger partial charge in [-0.25, -0.2) is 0 Å². The summed E-state index contributed by atoms with van der Waals surface area (Å²) in [6, 6.07) is 14.6. The summed E-state index contributed by atoms with van der Waals surface area (Å²) in [7, 11) is 1.98. The molecule has 1 aliphatic rings. The van der Waals surface area contributed by atoms with Crippen LogP contribution in [0.2, 0.25) is 0 Å². The minimum atomic E-state index is 0.114. The summed E-state index contributed by atoms with van der Waals surface area (Å²) in [6.07, 6.45) is 1.05. The van der Waals surface area contributed by atoms with E-state index in [4.69, 9.17) is 4.74 Å². The highest BCUT2D eigenvalue weighted by atomic mass is 79.9. The predicted molar refractivity (Wildman–Crippen MR) is 88.2 cm³/mol. The quantitative estimate of drug-likeness (QED) is 0.825. The molecule has 0 saturated carbocycles. The Kier molecular flexibility index (Phi) is 4.15. The first-order chi connectivity index (χ1) is 9.69. The fourth-order valence-corrected chi connectivity index (χ4v) is 3.56. The van der Waals surface area contributed by atoms with Gasteiger partial charge in [-0.3, -0.25) is 0 Å². The lowest BCUT2D eigenvalue weighted by atomic mass is 9.98. The Labute approximate surface area is 135 Å². The van der Waals surface area contributed by atoms with E-state index in [1.54, 1.807) is 0 Å². The second-order valence-electron chi connectivity index (χ2n) is 4.90. The molecule has 4 heteroatoms. The van der Waals surface area contributed by atoms with Crippen molar-refractivity contribution in [3.63, 3.8) is 0 Å². The minimum Gasteiger partial charge on any atom is -0.488 e. The van der Waals surface area contributed by atoms with Gasteiger partial charge >= 0.3 is 0 Å². The maximum absolute atomic E-state index is 6.11. The summed E-state index contributed by atoms with van der Waals surface area (Å²) in [5.41, 5.74) is 2.49. The Balaban J connectivity index is 1.91. The first-order valence-electron chi connectivity index (χ1n) is 6.56. The highest BCUT2D eigenvalue weighted by Gasteiger charge is 2.31. The van der Waals surface area contributed by atoms with Crippen LogP contribution in [0.25, 0.3) is 0 Å². The second-order valence-corrected chi connectivity index (χ2v) is 6.67. The van der Waals surface area contributed by atoms with E-state index in [0.717, 1.165) is 21.1 Å². The lowest BCUT2D eigenvalue weighted by Gasteiger charge is -2.24. The summed E-state index contributed by atoms with van der Waals surface area (Å²) >= 11 is 7.18. The maximum Gasteiger partial charge on any atom is 0.123 e. The Bertz CT molecular complexity index is 605. The maximum atomic E-state index is 6.11. The number of rotatable bonds is 3. The largest absolute Gasteiger partial charge is 0.488 e. The number of nitrogens with one attached hydrogen (secondary N) is 1. The second kappa shape index (κ2) is 5.88. The van der Waals surface area contributed by atoms with Crippen molar-refractivity contribution in [2.24, 2.45) is 0 Å². The fourth-order valence-electron chi connectivity index (χ4n) is 2.69. The molecule has 1 heterocycles. The zero-order chi connectivity index (χ0) is 14.1. The number of para-hydroxylation sites is 1. The van der Waals surface area contributed by atoms with E-state index >= 15 is 0 Å². The van der Waals surface area contributed by atoms with Gasteiger partial charge in [-0.05, 0) is 42.4 Å². The van der Waals surface area contributed by atoms with Crippen LogP contribution in [0.3, 0.4) is 0 Å². The number of benzene rings is 2. The van der Waals surface area contributed by atoms with Crippen LogP contribution in [0, 0.1) is 0 Å². The van der Waals surface area contributed by atoms with Gasteiger partial charge in [0.1, 0.15) is 11.9 Å². The van der Waals surface area contributed by atoms with Crippen LogP contribution in [-0.4, -0.2) is 13.2 Å². The molecule has 2 nitrogen and oxygen atoms in total. The van der Waals surface area contributed by atoms with Crippen LogP contribution in [0.15, 0.2) is 51.4 Å². The van der Waals surface area contributed by atoms with Crippen molar-refractivity contribution in [3.05, 3.63) is 62.5 Å². The molecule has 0 spiro atoms. The first kappa shape index (κ1) is 14.1. The van der Waals surface area contributed by atoms with Crippen LogP contribution in [0.5, 0.6) is 5.75 Å². The number of fused-ring (bicyclic) bond motifs is 1. The first-order valence-corrected chi connectivity index (χ1v) is 8.14. The topological polar surface area (TPSA) is 21.3 Å². The van der Waals surface area contributed by atoms with Crippen molar-refractivity contribution in [1.29, 1.82) is 0 Å². The zero-order valence-electron chi connectivity index (χ0n) is 11.1. The highest BCUT2D eigenvalue weighted by Crippen LogP contribution is 2.36. The molecular weight excluding hydrogens is 382 g/mol. The van der Waals surface area contributed by atoms with Crippen LogP contribution >= 0.6 is 31.9 Å². The standard InChI is InChI=1S/C16H15Br2NO/c1-19-16(12-9-11(17)6-7-13(12)18)15-8-10-4-2-3-5-14(10)20-15/h2-7,9,15-16,19H,8H2,1H3. The minimum absolute atomic E-state index is 0.114. The zero-order valence-corrected chi connectivity index (χ0v) is 14.2. The lowest BCUT2D eigenvalue weighted by molar-refractivity contribution is 0.183. The Morgan fingerprint density at radius 1 is 1.20 bits per heavy atom. The molecule has 0 saturated heterocycles. The van der Waals surface area contributed by atoms with Gasteiger partial charge in [0.05, 0.1) is 6.04 Å². The van der Waals surface area contributed by atoms with Crippen molar-refractivity contribution in [3.8, 4) is 5.75 Å². The van der Waals surface area contributed by atoms with Crippen molar-refractivity contribution in [2.45, 2.75) is 18.6 Å². The molecule has 2 aromatic rings. The van der Waals surface area contributed by atoms with Crippen LogP contribution in [0.1, 0.15) is 17.2 Å². The number of hydrogen-bond acceptors (Lipinski definition) is 2. The van der Waals surface area contributed by atoms with Crippen LogP contribution in [-0.2, 0) is 6.42 Å². The number of hydrogen-bond donors (Lipinski definition) is 1. The number of ether oxygens (including phenoxy) is 1. The lowest BCUT2D eigenvalue weighted by Crippen LogP contribution is -2.33. The molecule has 2 aromatic carbocycles.